The highest BCUT2D eigenvalue weighted by Gasteiger charge is 2.47. The molecule has 0 radical (unpaired) electrons. The Morgan fingerprint density at radius 2 is 2.17 bits per heavy atom. The van der Waals surface area contributed by atoms with Crippen molar-refractivity contribution in [2.45, 2.75) is 44.7 Å². The fourth-order valence-electron chi connectivity index (χ4n) is 4.36. The van der Waals surface area contributed by atoms with E-state index in [0.717, 1.165) is 44.0 Å². The van der Waals surface area contributed by atoms with E-state index in [1.54, 1.807) is 11.7 Å². The third-order valence-corrected chi connectivity index (χ3v) is 5.84. The Labute approximate surface area is 135 Å². The molecule has 1 saturated carbocycles. The number of carbonyl (C=O) groups excluding carboxylic acids is 1. The first-order chi connectivity index (χ1) is 11.2. The molecule has 1 aromatic rings. The van der Waals surface area contributed by atoms with Gasteiger partial charge in [0.15, 0.2) is 0 Å². The molecular formula is C17H23N3O3. The minimum Gasteiger partial charge on any atom is -0.381 e. The third kappa shape index (κ3) is 2.75. The van der Waals surface area contributed by atoms with Crippen molar-refractivity contribution in [1.82, 2.24) is 15.4 Å². The van der Waals surface area contributed by atoms with Crippen molar-refractivity contribution >= 4 is 5.91 Å². The molecule has 0 atom stereocenters. The van der Waals surface area contributed by atoms with Gasteiger partial charge in [-0.2, -0.15) is 0 Å². The zero-order chi connectivity index (χ0) is 15.9. The monoisotopic (exact) mass is 317 g/mol. The molecule has 124 valence electrons. The largest absolute Gasteiger partial charge is 0.381 e. The summed E-state index contributed by atoms with van der Waals surface area (Å²) < 4.78 is 5.49. The Balaban J connectivity index is 1.43. The summed E-state index contributed by atoms with van der Waals surface area (Å²) in [5.41, 5.74) is 4.82. The maximum atomic E-state index is 11.6. The minimum atomic E-state index is -0.498. The van der Waals surface area contributed by atoms with Gasteiger partial charge in [0.05, 0.1) is 5.56 Å². The fraction of sp³-hybridized carbons (Fsp3) is 0.647. The Kier molecular flexibility index (Phi) is 3.83. The molecule has 1 aromatic heterocycles. The van der Waals surface area contributed by atoms with Gasteiger partial charge in [0.1, 0.15) is 0 Å². The molecule has 0 bridgehead atoms. The second-order valence-corrected chi connectivity index (χ2v) is 7.17. The van der Waals surface area contributed by atoms with Crippen LogP contribution in [0.4, 0.5) is 0 Å². The number of hydrogen-bond donors (Lipinski definition) is 2. The molecule has 2 N–H and O–H groups in total. The van der Waals surface area contributed by atoms with Gasteiger partial charge in [0.2, 0.25) is 0 Å². The number of nitrogens with one attached hydrogen (secondary N) is 1. The van der Waals surface area contributed by atoms with E-state index in [-0.39, 0.29) is 0 Å². The van der Waals surface area contributed by atoms with E-state index in [9.17, 15) is 4.79 Å². The van der Waals surface area contributed by atoms with Crippen LogP contribution in [0.15, 0.2) is 12.3 Å². The molecule has 2 fully saturated rings. The van der Waals surface area contributed by atoms with Crippen LogP contribution in [0.25, 0.3) is 0 Å². The van der Waals surface area contributed by atoms with Crippen LogP contribution in [0, 0.1) is 5.41 Å². The van der Waals surface area contributed by atoms with Crippen LogP contribution in [-0.4, -0.2) is 46.8 Å². The first-order valence-corrected chi connectivity index (χ1v) is 8.43. The number of ether oxygens (including phenoxy) is 1. The average Bonchev–Trinajstić information content (AvgIpc) is 2.58. The molecule has 1 saturated heterocycles. The van der Waals surface area contributed by atoms with Gasteiger partial charge < -0.3 is 4.74 Å². The van der Waals surface area contributed by atoms with Crippen molar-refractivity contribution in [2.75, 3.05) is 19.8 Å². The molecule has 1 aliphatic carbocycles. The molecule has 1 spiro atoms. The smallest absolute Gasteiger partial charge is 0.276 e. The van der Waals surface area contributed by atoms with Crippen LogP contribution in [0.2, 0.25) is 0 Å². The van der Waals surface area contributed by atoms with Crippen molar-refractivity contribution in [3.8, 4) is 0 Å². The van der Waals surface area contributed by atoms with Crippen LogP contribution < -0.4 is 5.48 Å². The van der Waals surface area contributed by atoms with Crippen molar-refractivity contribution in [2.24, 2.45) is 5.41 Å². The lowest BCUT2D eigenvalue weighted by Gasteiger charge is -2.54. The zero-order valence-corrected chi connectivity index (χ0v) is 13.3. The molecule has 2 aliphatic heterocycles. The highest BCUT2D eigenvalue weighted by Crippen LogP contribution is 2.51. The van der Waals surface area contributed by atoms with E-state index in [0.29, 0.717) is 17.0 Å². The molecule has 1 amide bonds. The van der Waals surface area contributed by atoms with Crippen LogP contribution in [-0.2, 0) is 17.7 Å². The number of amides is 1. The molecule has 0 aromatic carbocycles. The molecule has 0 unspecified atom stereocenters. The number of hydrogen-bond acceptors (Lipinski definition) is 5. The maximum absolute atomic E-state index is 11.6. The first kappa shape index (κ1) is 15.1. The minimum absolute atomic E-state index is 0.419. The van der Waals surface area contributed by atoms with Gasteiger partial charge in [0, 0.05) is 50.7 Å². The Morgan fingerprint density at radius 3 is 2.91 bits per heavy atom. The van der Waals surface area contributed by atoms with E-state index >= 15 is 0 Å². The van der Waals surface area contributed by atoms with Gasteiger partial charge in [-0.3, -0.25) is 19.9 Å². The normalized spacial score (nSPS) is 24.0. The summed E-state index contributed by atoms with van der Waals surface area (Å²) >= 11 is 0. The van der Waals surface area contributed by atoms with Crippen molar-refractivity contribution in [1.29, 1.82) is 0 Å². The van der Waals surface area contributed by atoms with Gasteiger partial charge >= 0.3 is 0 Å². The zero-order valence-electron chi connectivity index (χ0n) is 13.3. The molecule has 6 nitrogen and oxygen atoms in total. The van der Waals surface area contributed by atoms with E-state index < -0.39 is 5.91 Å². The summed E-state index contributed by atoms with van der Waals surface area (Å²) in [5, 5.41) is 8.77. The number of carbonyl (C=O) groups is 1. The SMILES string of the molecule is O=C(NO)c1cnc2c(c1)CN(C1CC3(CCOCC3)C1)CC2. The first-order valence-electron chi connectivity index (χ1n) is 8.43. The van der Waals surface area contributed by atoms with Crippen molar-refractivity contribution in [3.63, 3.8) is 0 Å². The number of rotatable bonds is 2. The van der Waals surface area contributed by atoms with Gasteiger partial charge in [0.25, 0.3) is 5.91 Å². The second kappa shape index (κ2) is 5.85. The fourth-order valence-corrected chi connectivity index (χ4v) is 4.36. The highest BCUT2D eigenvalue weighted by atomic mass is 16.5. The highest BCUT2D eigenvalue weighted by molar-refractivity contribution is 5.93. The number of fused-ring (bicyclic) bond motifs is 1. The van der Waals surface area contributed by atoms with Crippen LogP contribution in [0.3, 0.4) is 0 Å². The summed E-state index contributed by atoms with van der Waals surface area (Å²) in [5.74, 6) is -0.498. The van der Waals surface area contributed by atoms with Gasteiger partial charge in [-0.05, 0) is 42.7 Å². The lowest BCUT2D eigenvalue weighted by atomic mass is 9.60. The predicted molar refractivity (Wildman–Crippen MR) is 83.1 cm³/mol. The third-order valence-electron chi connectivity index (χ3n) is 5.84. The van der Waals surface area contributed by atoms with Crippen LogP contribution in [0.1, 0.15) is 47.3 Å². The second-order valence-electron chi connectivity index (χ2n) is 7.17. The quantitative estimate of drug-likeness (QED) is 0.639. The summed E-state index contributed by atoms with van der Waals surface area (Å²) in [6.07, 6.45) is 7.43. The van der Waals surface area contributed by atoms with Crippen molar-refractivity contribution < 1.29 is 14.7 Å². The lowest BCUT2D eigenvalue weighted by Crippen LogP contribution is -2.54. The molecule has 23 heavy (non-hydrogen) atoms. The number of hydroxylamine groups is 1. The van der Waals surface area contributed by atoms with Gasteiger partial charge in [-0.15, -0.1) is 0 Å². The van der Waals surface area contributed by atoms with Gasteiger partial charge in [-0.25, -0.2) is 5.48 Å². The molecular weight excluding hydrogens is 294 g/mol. The van der Waals surface area contributed by atoms with Crippen molar-refractivity contribution in [3.05, 3.63) is 29.1 Å². The maximum Gasteiger partial charge on any atom is 0.276 e. The number of pyridine rings is 1. The van der Waals surface area contributed by atoms with Crippen LogP contribution in [0.5, 0.6) is 0 Å². The standard InChI is InChI=1S/C17H23N3O3/c21-16(19-22)12-7-13-11-20(4-1-15(13)18-10-12)14-8-17(9-14)2-5-23-6-3-17/h7,10,14,22H,1-6,8-9,11H2,(H,19,21). The summed E-state index contributed by atoms with van der Waals surface area (Å²) in [6, 6.07) is 2.51. The van der Waals surface area contributed by atoms with E-state index in [1.165, 1.54) is 25.7 Å². The molecule has 4 rings (SSSR count). The summed E-state index contributed by atoms with van der Waals surface area (Å²) in [7, 11) is 0. The Morgan fingerprint density at radius 1 is 1.39 bits per heavy atom. The van der Waals surface area contributed by atoms with Crippen LogP contribution >= 0.6 is 0 Å². The van der Waals surface area contributed by atoms with E-state index in [2.05, 4.69) is 9.88 Å². The molecule has 3 aliphatic rings. The summed E-state index contributed by atoms with van der Waals surface area (Å²) in [6.45, 7) is 3.73. The average molecular weight is 317 g/mol. The van der Waals surface area contributed by atoms with E-state index in [1.807, 2.05) is 6.07 Å². The predicted octanol–water partition coefficient (Wildman–Crippen LogP) is 1.52. The lowest BCUT2D eigenvalue weighted by molar-refractivity contribution is -0.0791. The number of nitrogens with zero attached hydrogens (tertiary/aromatic N) is 2. The molecule has 3 heterocycles. The Bertz CT molecular complexity index is 605. The van der Waals surface area contributed by atoms with Gasteiger partial charge in [-0.1, -0.05) is 0 Å². The molecule has 6 heteroatoms. The van der Waals surface area contributed by atoms with E-state index in [4.69, 9.17) is 9.94 Å². The summed E-state index contributed by atoms with van der Waals surface area (Å²) in [4.78, 5) is 18.5. The Hall–Kier alpha value is -1.50. The number of aromatic nitrogens is 1. The topological polar surface area (TPSA) is 74.7 Å².